The van der Waals surface area contributed by atoms with Crippen LogP contribution in [0.5, 0.6) is 0 Å². The highest BCUT2D eigenvalue weighted by atomic mass is 16.5. The van der Waals surface area contributed by atoms with Gasteiger partial charge in [-0.25, -0.2) is 0 Å². The number of nitrogen functional groups attached to an aromatic ring is 1. The molecule has 0 aliphatic rings. The molecule has 0 aliphatic heterocycles. The van der Waals surface area contributed by atoms with Crippen LogP contribution in [0.4, 0.5) is 11.4 Å². The number of hydrogen-bond acceptors (Lipinski definition) is 3. The molecule has 0 spiro atoms. The van der Waals surface area contributed by atoms with Gasteiger partial charge in [-0.1, -0.05) is 19.1 Å². The van der Waals surface area contributed by atoms with E-state index in [2.05, 4.69) is 25.2 Å². The van der Waals surface area contributed by atoms with Gasteiger partial charge < -0.3 is 15.8 Å². The molecule has 0 heterocycles. The van der Waals surface area contributed by atoms with Crippen molar-refractivity contribution >= 4 is 11.4 Å². The number of ether oxygens (including phenoxy) is 1. The Bertz CT molecular complexity index is 292. The number of para-hydroxylation sites is 1. The molecule has 3 N–H and O–H groups in total. The van der Waals surface area contributed by atoms with Gasteiger partial charge in [-0.2, -0.15) is 0 Å². The molecule has 15 heavy (non-hydrogen) atoms. The van der Waals surface area contributed by atoms with Gasteiger partial charge in [0, 0.05) is 13.2 Å². The summed E-state index contributed by atoms with van der Waals surface area (Å²) in [5.74, 6) is 0. The molecule has 1 aromatic carbocycles. The zero-order valence-corrected chi connectivity index (χ0v) is 9.71. The zero-order valence-electron chi connectivity index (χ0n) is 9.71. The Balaban J connectivity index is 2.78. The lowest BCUT2D eigenvalue weighted by Gasteiger charge is -2.20. The molecular formula is C12H20N2O. The molecule has 3 nitrogen and oxygen atoms in total. The standard InChI is InChI=1S/C12H20N2O/c1-4-10(8-15-3)14-12-9(2)6-5-7-11(12)13/h5-7,10,14H,4,8,13H2,1-3H3. The average Bonchev–Trinajstić information content (AvgIpc) is 2.22. The van der Waals surface area contributed by atoms with Crippen LogP contribution in [0, 0.1) is 6.92 Å². The predicted octanol–water partition coefficient (Wildman–Crippen LogP) is 2.41. The van der Waals surface area contributed by atoms with E-state index >= 15 is 0 Å². The van der Waals surface area contributed by atoms with Crippen LogP contribution in [0.15, 0.2) is 18.2 Å². The van der Waals surface area contributed by atoms with E-state index < -0.39 is 0 Å². The Labute approximate surface area is 91.6 Å². The van der Waals surface area contributed by atoms with Gasteiger partial charge in [-0.3, -0.25) is 0 Å². The number of nitrogens with two attached hydrogens (primary N) is 1. The van der Waals surface area contributed by atoms with Gasteiger partial charge in [0.15, 0.2) is 0 Å². The Kier molecular flexibility index (Phi) is 4.43. The molecule has 0 bridgehead atoms. The molecule has 84 valence electrons. The van der Waals surface area contributed by atoms with Crippen molar-refractivity contribution in [2.45, 2.75) is 26.3 Å². The summed E-state index contributed by atoms with van der Waals surface area (Å²) in [5.41, 5.74) is 8.91. The minimum atomic E-state index is 0.318. The van der Waals surface area contributed by atoms with Gasteiger partial charge in [0.2, 0.25) is 0 Å². The molecule has 1 unspecified atom stereocenters. The van der Waals surface area contributed by atoms with Crippen molar-refractivity contribution in [1.82, 2.24) is 0 Å². The first kappa shape index (κ1) is 11.9. The molecule has 0 radical (unpaired) electrons. The average molecular weight is 208 g/mol. The van der Waals surface area contributed by atoms with E-state index in [9.17, 15) is 0 Å². The van der Waals surface area contributed by atoms with Gasteiger partial charge in [-0.05, 0) is 25.0 Å². The Morgan fingerprint density at radius 2 is 2.20 bits per heavy atom. The number of hydrogen-bond donors (Lipinski definition) is 2. The summed E-state index contributed by atoms with van der Waals surface area (Å²) in [6, 6.07) is 6.25. The lowest BCUT2D eigenvalue weighted by Crippen LogP contribution is -2.24. The first-order valence-corrected chi connectivity index (χ1v) is 5.29. The van der Waals surface area contributed by atoms with Crippen LogP contribution >= 0.6 is 0 Å². The minimum absolute atomic E-state index is 0.318. The molecule has 0 saturated carbocycles. The van der Waals surface area contributed by atoms with Gasteiger partial charge in [0.05, 0.1) is 18.0 Å². The lowest BCUT2D eigenvalue weighted by molar-refractivity contribution is 0.184. The van der Waals surface area contributed by atoms with Crippen molar-refractivity contribution in [2.24, 2.45) is 0 Å². The number of benzene rings is 1. The van der Waals surface area contributed by atoms with Crippen molar-refractivity contribution < 1.29 is 4.74 Å². The largest absolute Gasteiger partial charge is 0.397 e. The van der Waals surface area contributed by atoms with Crippen LogP contribution < -0.4 is 11.1 Å². The fourth-order valence-electron chi connectivity index (χ4n) is 1.55. The summed E-state index contributed by atoms with van der Waals surface area (Å²) < 4.78 is 5.14. The van der Waals surface area contributed by atoms with Crippen LogP contribution in [0.3, 0.4) is 0 Å². The van der Waals surface area contributed by atoms with Crippen molar-refractivity contribution in [2.75, 3.05) is 24.8 Å². The third-order valence-electron chi connectivity index (χ3n) is 2.51. The molecule has 1 aromatic rings. The van der Waals surface area contributed by atoms with E-state index in [1.165, 1.54) is 5.56 Å². The van der Waals surface area contributed by atoms with Gasteiger partial charge >= 0.3 is 0 Å². The minimum Gasteiger partial charge on any atom is -0.397 e. The first-order chi connectivity index (χ1) is 7.19. The second-order valence-electron chi connectivity index (χ2n) is 3.74. The smallest absolute Gasteiger partial charge is 0.0663 e. The van der Waals surface area contributed by atoms with Crippen LogP contribution in [-0.2, 0) is 4.74 Å². The van der Waals surface area contributed by atoms with Crippen molar-refractivity contribution in [1.29, 1.82) is 0 Å². The van der Waals surface area contributed by atoms with Crippen LogP contribution in [0.1, 0.15) is 18.9 Å². The molecule has 1 atom stereocenters. The van der Waals surface area contributed by atoms with Gasteiger partial charge in [0.25, 0.3) is 0 Å². The molecule has 0 fully saturated rings. The molecule has 0 amide bonds. The Morgan fingerprint density at radius 3 is 2.73 bits per heavy atom. The van der Waals surface area contributed by atoms with E-state index in [1.54, 1.807) is 7.11 Å². The predicted molar refractivity (Wildman–Crippen MR) is 65.2 cm³/mol. The topological polar surface area (TPSA) is 47.3 Å². The lowest BCUT2D eigenvalue weighted by atomic mass is 10.1. The van der Waals surface area contributed by atoms with Crippen LogP contribution in [0.2, 0.25) is 0 Å². The second-order valence-corrected chi connectivity index (χ2v) is 3.74. The van der Waals surface area contributed by atoms with Crippen molar-refractivity contribution in [3.63, 3.8) is 0 Å². The molecule has 0 aromatic heterocycles. The highest BCUT2D eigenvalue weighted by molar-refractivity contribution is 5.70. The summed E-state index contributed by atoms with van der Waals surface area (Å²) in [6.45, 7) is 4.88. The third kappa shape index (κ3) is 3.13. The van der Waals surface area contributed by atoms with E-state index in [1.807, 2.05) is 12.1 Å². The maximum absolute atomic E-state index is 5.92. The van der Waals surface area contributed by atoms with Crippen LogP contribution in [-0.4, -0.2) is 19.8 Å². The first-order valence-electron chi connectivity index (χ1n) is 5.29. The van der Waals surface area contributed by atoms with E-state index in [-0.39, 0.29) is 0 Å². The molecule has 0 aliphatic carbocycles. The van der Waals surface area contributed by atoms with E-state index in [0.717, 1.165) is 17.8 Å². The van der Waals surface area contributed by atoms with Gasteiger partial charge in [0.1, 0.15) is 0 Å². The van der Waals surface area contributed by atoms with E-state index in [4.69, 9.17) is 10.5 Å². The van der Waals surface area contributed by atoms with Gasteiger partial charge in [-0.15, -0.1) is 0 Å². The highest BCUT2D eigenvalue weighted by Gasteiger charge is 2.09. The zero-order chi connectivity index (χ0) is 11.3. The fourth-order valence-corrected chi connectivity index (χ4v) is 1.55. The van der Waals surface area contributed by atoms with Crippen molar-refractivity contribution in [3.8, 4) is 0 Å². The number of aryl methyl sites for hydroxylation is 1. The summed E-state index contributed by atoms with van der Waals surface area (Å²) in [5, 5.41) is 3.42. The highest BCUT2D eigenvalue weighted by Crippen LogP contribution is 2.23. The maximum Gasteiger partial charge on any atom is 0.0663 e. The summed E-state index contributed by atoms with van der Waals surface area (Å²) in [7, 11) is 1.71. The number of methoxy groups -OCH3 is 1. The number of nitrogens with one attached hydrogen (secondary N) is 1. The third-order valence-corrected chi connectivity index (χ3v) is 2.51. The summed E-state index contributed by atoms with van der Waals surface area (Å²) in [6.07, 6.45) is 1.02. The summed E-state index contributed by atoms with van der Waals surface area (Å²) >= 11 is 0. The van der Waals surface area contributed by atoms with Crippen LogP contribution in [0.25, 0.3) is 0 Å². The maximum atomic E-state index is 5.92. The molecule has 1 rings (SSSR count). The van der Waals surface area contributed by atoms with Crippen molar-refractivity contribution in [3.05, 3.63) is 23.8 Å². The Morgan fingerprint density at radius 1 is 1.47 bits per heavy atom. The summed E-state index contributed by atoms with van der Waals surface area (Å²) in [4.78, 5) is 0. The monoisotopic (exact) mass is 208 g/mol. The normalized spacial score (nSPS) is 12.5. The molecule has 0 saturated heterocycles. The SMILES string of the molecule is CCC(COC)Nc1c(C)cccc1N. The molecular weight excluding hydrogens is 188 g/mol. The number of rotatable bonds is 5. The quantitative estimate of drug-likeness (QED) is 0.730. The fraction of sp³-hybridized carbons (Fsp3) is 0.500. The Hall–Kier alpha value is -1.22. The molecule has 3 heteroatoms. The second kappa shape index (κ2) is 5.61. The number of anilines is 2. The van der Waals surface area contributed by atoms with E-state index in [0.29, 0.717) is 12.6 Å².